The van der Waals surface area contributed by atoms with Crippen LogP contribution in [-0.2, 0) is 6.54 Å². The monoisotopic (exact) mass is 346 g/mol. The van der Waals surface area contributed by atoms with E-state index in [-0.39, 0.29) is 0 Å². The summed E-state index contributed by atoms with van der Waals surface area (Å²) in [7, 11) is 0. The zero-order chi connectivity index (χ0) is 17.3. The summed E-state index contributed by atoms with van der Waals surface area (Å²) in [6, 6.07) is 8.35. The molecule has 0 aliphatic carbocycles. The van der Waals surface area contributed by atoms with Gasteiger partial charge in [-0.25, -0.2) is 0 Å². The van der Waals surface area contributed by atoms with E-state index < -0.39 is 0 Å². The van der Waals surface area contributed by atoms with Crippen molar-refractivity contribution >= 4 is 22.4 Å². The number of hydrogen-bond donors (Lipinski definition) is 2. The lowest BCUT2D eigenvalue weighted by molar-refractivity contribution is 0.533. The second-order valence-electron chi connectivity index (χ2n) is 7.21. The van der Waals surface area contributed by atoms with Gasteiger partial charge in [0, 0.05) is 51.3 Å². The Hall–Kier alpha value is -2.73. The predicted molar refractivity (Wildman–Crippen MR) is 103 cm³/mol. The maximum atomic E-state index is 4.39. The maximum Gasteiger partial charge on any atom is 0.0890 e. The van der Waals surface area contributed by atoms with Crippen molar-refractivity contribution in [2.45, 2.75) is 6.54 Å². The molecule has 26 heavy (non-hydrogen) atoms. The van der Waals surface area contributed by atoms with Crippen molar-refractivity contribution in [3.8, 4) is 0 Å². The molecule has 5 rings (SSSR count). The summed E-state index contributed by atoms with van der Waals surface area (Å²) in [5, 5.41) is 7.08. The third-order valence-electron chi connectivity index (χ3n) is 5.54. The van der Waals surface area contributed by atoms with Crippen LogP contribution in [0.2, 0.25) is 0 Å². The van der Waals surface area contributed by atoms with Gasteiger partial charge in [0.2, 0.25) is 0 Å². The van der Waals surface area contributed by atoms with Crippen LogP contribution in [0.1, 0.15) is 5.56 Å². The molecule has 0 saturated carbocycles. The van der Waals surface area contributed by atoms with Gasteiger partial charge < -0.3 is 15.5 Å². The van der Waals surface area contributed by atoms with Crippen LogP contribution in [0.25, 0.3) is 11.0 Å². The van der Waals surface area contributed by atoms with Crippen LogP contribution >= 0.6 is 0 Å². The van der Waals surface area contributed by atoms with Crippen molar-refractivity contribution in [1.29, 1.82) is 0 Å². The summed E-state index contributed by atoms with van der Waals surface area (Å²) in [4.78, 5) is 15.6. The number of anilines is 2. The Bertz CT molecular complexity index is 915. The quantitative estimate of drug-likeness (QED) is 0.756. The molecule has 2 aliphatic heterocycles. The molecular formula is C20H22N6. The van der Waals surface area contributed by atoms with Gasteiger partial charge in [-0.15, -0.1) is 0 Å². The molecule has 2 unspecified atom stereocenters. The fraction of sp³-hybridized carbons (Fsp3) is 0.350. The lowest BCUT2D eigenvalue weighted by Gasteiger charge is -2.23. The van der Waals surface area contributed by atoms with Crippen LogP contribution in [0.15, 0.2) is 49.1 Å². The number of fused-ring (bicyclic) bond motifs is 2. The van der Waals surface area contributed by atoms with Crippen LogP contribution in [0.4, 0.5) is 11.4 Å². The van der Waals surface area contributed by atoms with E-state index in [0.29, 0.717) is 0 Å². The normalized spacial score (nSPS) is 21.9. The standard InChI is InChI=1S/C20H22N6/c1-2-17-18(24-6-5-23-17)7-14(1)8-25-19-11-21-4-3-20(19)26-12-15-9-22-10-16(15)13-26/h1-7,11,15-16,22,25H,8-10,12-13H2. The minimum atomic E-state index is 0.744. The highest BCUT2D eigenvalue weighted by Gasteiger charge is 2.36. The third kappa shape index (κ3) is 2.86. The Labute approximate surface area is 152 Å². The van der Waals surface area contributed by atoms with Crippen LogP contribution in [0, 0.1) is 11.8 Å². The van der Waals surface area contributed by atoms with E-state index >= 15 is 0 Å². The number of hydrogen-bond acceptors (Lipinski definition) is 6. The van der Waals surface area contributed by atoms with Gasteiger partial charge in [-0.3, -0.25) is 15.0 Å². The summed E-state index contributed by atoms with van der Waals surface area (Å²) >= 11 is 0. The molecule has 1 aromatic carbocycles. The molecule has 2 saturated heterocycles. The number of nitrogens with one attached hydrogen (secondary N) is 2. The summed E-state index contributed by atoms with van der Waals surface area (Å²) in [5.41, 5.74) is 5.40. The first-order valence-corrected chi connectivity index (χ1v) is 9.20. The van der Waals surface area contributed by atoms with Gasteiger partial charge in [-0.05, 0) is 35.6 Å². The molecular weight excluding hydrogens is 324 g/mol. The average molecular weight is 346 g/mol. The van der Waals surface area contributed by atoms with Crippen molar-refractivity contribution in [3.63, 3.8) is 0 Å². The number of aromatic nitrogens is 3. The Morgan fingerprint density at radius 2 is 1.81 bits per heavy atom. The number of benzene rings is 1. The first kappa shape index (κ1) is 15.5. The summed E-state index contributed by atoms with van der Waals surface area (Å²) in [6.45, 7) is 5.29. The van der Waals surface area contributed by atoms with E-state index in [9.17, 15) is 0 Å². The molecule has 2 aromatic heterocycles. The van der Waals surface area contributed by atoms with Crippen LogP contribution < -0.4 is 15.5 Å². The van der Waals surface area contributed by atoms with E-state index in [1.807, 2.05) is 18.5 Å². The van der Waals surface area contributed by atoms with Gasteiger partial charge in [0.25, 0.3) is 0 Å². The predicted octanol–water partition coefficient (Wildman–Crippen LogP) is 2.29. The molecule has 2 fully saturated rings. The van der Waals surface area contributed by atoms with Crippen molar-refractivity contribution < 1.29 is 0 Å². The second kappa shape index (κ2) is 6.53. The molecule has 2 atom stereocenters. The van der Waals surface area contributed by atoms with Crippen molar-refractivity contribution in [2.75, 3.05) is 36.4 Å². The van der Waals surface area contributed by atoms with Gasteiger partial charge in [-0.2, -0.15) is 0 Å². The number of pyridine rings is 1. The Morgan fingerprint density at radius 1 is 1.00 bits per heavy atom. The molecule has 0 radical (unpaired) electrons. The van der Waals surface area contributed by atoms with E-state index in [4.69, 9.17) is 0 Å². The molecule has 4 heterocycles. The highest BCUT2D eigenvalue weighted by atomic mass is 15.2. The summed E-state index contributed by atoms with van der Waals surface area (Å²) in [6.07, 6.45) is 7.28. The fourth-order valence-electron chi connectivity index (χ4n) is 4.17. The first-order chi connectivity index (χ1) is 12.9. The van der Waals surface area contributed by atoms with Crippen LogP contribution in [-0.4, -0.2) is 41.1 Å². The van der Waals surface area contributed by atoms with Gasteiger partial charge in [-0.1, -0.05) is 6.07 Å². The first-order valence-electron chi connectivity index (χ1n) is 9.20. The SMILES string of the molecule is c1cc(N2CC3CNCC3C2)c(NCc2ccc3nccnc3c2)cn1. The molecule has 6 nitrogen and oxygen atoms in total. The maximum absolute atomic E-state index is 4.39. The highest BCUT2D eigenvalue weighted by molar-refractivity contribution is 5.75. The van der Waals surface area contributed by atoms with Crippen molar-refractivity contribution in [1.82, 2.24) is 20.3 Å². The average Bonchev–Trinajstić information content (AvgIpc) is 3.28. The van der Waals surface area contributed by atoms with E-state index in [2.05, 4.69) is 48.7 Å². The topological polar surface area (TPSA) is 66.0 Å². The Morgan fingerprint density at radius 3 is 2.65 bits per heavy atom. The van der Waals surface area contributed by atoms with Crippen LogP contribution in [0.5, 0.6) is 0 Å². The molecule has 132 valence electrons. The van der Waals surface area contributed by atoms with Gasteiger partial charge in [0.05, 0.1) is 28.6 Å². The Balaban J connectivity index is 1.34. The molecule has 0 bridgehead atoms. The molecule has 0 spiro atoms. The molecule has 3 aromatic rings. The fourth-order valence-corrected chi connectivity index (χ4v) is 4.17. The minimum Gasteiger partial charge on any atom is -0.378 e. The number of rotatable bonds is 4. The van der Waals surface area contributed by atoms with Crippen LogP contribution in [0.3, 0.4) is 0 Å². The van der Waals surface area contributed by atoms with Gasteiger partial charge in [0.15, 0.2) is 0 Å². The van der Waals surface area contributed by atoms with Crippen molar-refractivity contribution in [3.05, 3.63) is 54.6 Å². The Kier molecular flexibility index (Phi) is 3.90. The molecule has 2 aliphatic rings. The van der Waals surface area contributed by atoms with E-state index in [0.717, 1.165) is 61.3 Å². The van der Waals surface area contributed by atoms with Gasteiger partial charge in [0.1, 0.15) is 0 Å². The van der Waals surface area contributed by atoms with E-state index in [1.54, 1.807) is 12.4 Å². The summed E-state index contributed by atoms with van der Waals surface area (Å²) < 4.78 is 0. The zero-order valence-electron chi connectivity index (χ0n) is 14.6. The minimum absolute atomic E-state index is 0.744. The highest BCUT2D eigenvalue weighted by Crippen LogP contribution is 2.34. The molecule has 2 N–H and O–H groups in total. The lowest BCUT2D eigenvalue weighted by Crippen LogP contribution is -2.26. The number of nitrogens with zero attached hydrogens (tertiary/aromatic N) is 4. The molecule has 0 amide bonds. The van der Waals surface area contributed by atoms with E-state index in [1.165, 1.54) is 11.3 Å². The third-order valence-corrected chi connectivity index (χ3v) is 5.54. The lowest BCUT2D eigenvalue weighted by atomic mass is 10.0. The van der Waals surface area contributed by atoms with Gasteiger partial charge >= 0.3 is 0 Å². The zero-order valence-corrected chi connectivity index (χ0v) is 14.6. The largest absolute Gasteiger partial charge is 0.378 e. The molecule has 6 heteroatoms. The second-order valence-corrected chi connectivity index (χ2v) is 7.21. The summed E-state index contributed by atoms with van der Waals surface area (Å²) in [5.74, 6) is 1.55. The van der Waals surface area contributed by atoms with Crippen molar-refractivity contribution in [2.24, 2.45) is 11.8 Å². The smallest absolute Gasteiger partial charge is 0.0890 e.